The molecule has 2 aromatic rings. The van der Waals surface area contributed by atoms with Gasteiger partial charge in [0.2, 0.25) is 0 Å². The number of carboxylic acids is 1. The fourth-order valence-electron chi connectivity index (χ4n) is 1.38. The smallest absolute Gasteiger partial charge is 0.330 e. The van der Waals surface area contributed by atoms with Gasteiger partial charge >= 0.3 is 5.97 Å². The van der Waals surface area contributed by atoms with Crippen molar-refractivity contribution in [1.29, 1.82) is 0 Å². The summed E-state index contributed by atoms with van der Waals surface area (Å²) >= 11 is 0. The number of aliphatic carboxylic acids is 1. The zero-order chi connectivity index (χ0) is 14.1. The molecule has 0 amide bonds. The van der Waals surface area contributed by atoms with E-state index < -0.39 is 5.97 Å². The predicted molar refractivity (Wildman–Crippen MR) is 78.9 cm³/mol. The maximum atomic E-state index is 9.86. The normalized spacial score (nSPS) is 10.3. The Hall–Kier alpha value is -2.35. The van der Waals surface area contributed by atoms with Gasteiger partial charge in [-0.15, -0.1) is 0 Å². The van der Waals surface area contributed by atoms with E-state index in [0.717, 1.165) is 0 Å². The summed E-state index contributed by atoms with van der Waals surface area (Å²) in [6.45, 7) is 3.26. The topological polar surface area (TPSA) is 37.3 Å². The minimum atomic E-state index is -0.845. The van der Waals surface area contributed by atoms with Crippen LogP contribution in [0.15, 0.2) is 72.3 Å². The van der Waals surface area contributed by atoms with E-state index in [4.69, 9.17) is 5.11 Å². The SMILES string of the molecule is C/C=C(\C)C(=O)O.c1ccc(-c2ccccc2)cc1. The van der Waals surface area contributed by atoms with Crippen LogP contribution < -0.4 is 0 Å². The molecule has 19 heavy (non-hydrogen) atoms. The molecule has 98 valence electrons. The molecule has 0 heterocycles. The predicted octanol–water partition coefficient (Wildman–Crippen LogP) is 4.39. The Morgan fingerprint density at radius 1 is 0.895 bits per heavy atom. The van der Waals surface area contributed by atoms with Gasteiger partial charge in [-0.2, -0.15) is 0 Å². The van der Waals surface area contributed by atoms with Gasteiger partial charge in [0.1, 0.15) is 0 Å². The summed E-state index contributed by atoms with van der Waals surface area (Å²) in [7, 11) is 0. The van der Waals surface area contributed by atoms with Crippen LogP contribution in [0.25, 0.3) is 11.1 Å². The average Bonchev–Trinajstić information content (AvgIpc) is 2.49. The molecule has 0 unspecified atom stereocenters. The molecular weight excluding hydrogens is 236 g/mol. The first kappa shape index (κ1) is 14.7. The van der Waals surface area contributed by atoms with Crippen molar-refractivity contribution >= 4 is 5.97 Å². The van der Waals surface area contributed by atoms with Crippen molar-refractivity contribution in [3.05, 3.63) is 72.3 Å². The van der Waals surface area contributed by atoms with Crippen LogP contribution in [-0.4, -0.2) is 11.1 Å². The lowest BCUT2D eigenvalue weighted by Gasteiger charge is -1.98. The molecule has 0 saturated carbocycles. The third-order valence-electron chi connectivity index (χ3n) is 2.65. The molecule has 0 atom stereocenters. The standard InChI is InChI=1S/C12H10.C5H8O2/c1-3-7-11(8-4-1)12-9-5-2-6-10-12;1-3-4(2)5(6)7/h1-10H;3H,1-2H3,(H,6,7)/b;4-3+. The van der Waals surface area contributed by atoms with Crippen molar-refractivity contribution in [1.82, 2.24) is 0 Å². The molecule has 0 aliphatic heterocycles. The van der Waals surface area contributed by atoms with Crippen LogP contribution in [0.5, 0.6) is 0 Å². The van der Waals surface area contributed by atoms with E-state index in [2.05, 4.69) is 48.5 Å². The quantitative estimate of drug-likeness (QED) is 0.807. The minimum Gasteiger partial charge on any atom is -0.478 e. The maximum absolute atomic E-state index is 9.86. The molecule has 2 heteroatoms. The van der Waals surface area contributed by atoms with E-state index in [0.29, 0.717) is 5.57 Å². The maximum Gasteiger partial charge on any atom is 0.330 e. The number of rotatable bonds is 2. The second-order valence-electron chi connectivity index (χ2n) is 4.01. The highest BCUT2D eigenvalue weighted by atomic mass is 16.4. The van der Waals surface area contributed by atoms with Crippen LogP contribution in [-0.2, 0) is 4.79 Å². The molecule has 0 aliphatic rings. The zero-order valence-electron chi connectivity index (χ0n) is 11.2. The van der Waals surface area contributed by atoms with Crippen molar-refractivity contribution in [2.24, 2.45) is 0 Å². The summed E-state index contributed by atoms with van der Waals surface area (Å²) in [4.78, 5) is 9.86. The van der Waals surface area contributed by atoms with Crippen LogP contribution in [0.4, 0.5) is 0 Å². The fraction of sp³-hybridized carbons (Fsp3) is 0.118. The lowest BCUT2D eigenvalue weighted by Crippen LogP contribution is -1.93. The number of hydrogen-bond donors (Lipinski definition) is 1. The lowest BCUT2D eigenvalue weighted by molar-refractivity contribution is -0.132. The Morgan fingerprint density at radius 3 is 1.47 bits per heavy atom. The number of allylic oxidation sites excluding steroid dienone is 1. The molecule has 2 nitrogen and oxygen atoms in total. The monoisotopic (exact) mass is 254 g/mol. The van der Waals surface area contributed by atoms with Gasteiger partial charge in [-0.3, -0.25) is 0 Å². The lowest BCUT2D eigenvalue weighted by atomic mass is 10.1. The van der Waals surface area contributed by atoms with Crippen molar-refractivity contribution in [3.8, 4) is 11.1 Å². The second kappa shape index (κ2) is 7.88. The summed E-state index contributed by atoms with van der Waals surface area (Å²) in [6, 6.07) is 20.8. The van der Waals surface area contributed by atoms with Crippen LogP contribution in [0, 0.1) is 0 Å². The van der Waals surface area contributed by atoms with Crippen molar-refractivity contribution in [3.63, 3.8) is 0 Å². The first-order chi connectivity index (χ1) is 9.15. The highest BCUT2D eigenvalue weighted by Gasteiger charge is 1.93. The molecule has 1 N–H and O–H groups in total. The number of hydrogen-bond acceptors (Lipinski definition) is 1. The molecule has 0 fully saturated rings. The molecule has 0 spiro atoms. The van der Waals surface area contributed by atoms with E-state index >= 15 is 0 Å². The Kier molecular flexibility index (Phi) is 6.10. The number of carboxylic acid groups (broad SMARTS) is 1. The molecule has 0 bridgehead atoms. The van der Waals surface area contributed by atoms with Gasteiger partial charge in [0.15, 0.2) is 0 Å². The molecule has 2 rings (SSSR count). The highest BCUT2D eigenvalue weighted by molar-refractivity contribution is 5.85. The van der Waals surface area contributed by atoms with E-state index in [1.165, 1.54) is 11.1 Å². The Morgan fingerprint density at radius 2 is 1.26 bits per heavy atom. The number of benzene rings is 2. The fourth-order valence-corrected chi connectivity index (χ4v) is 1.38. The minimum absolute atomic E-state index is 0.389. The summed E-state index contributed by atoms with van der Waals surface area (Å²) in [5.74, 6) is -0.845. The summed E-state index contributed by atoms with van der Waals surface area (Å²) in [5, 5.41) is 8.11. The summed E-state index contributed by atoms with van der Waals surface area (Å²) in [5.41, 5.74) is 2.94. The van der Waals surface area contributed by atoms with Gasteiger partial charge in [-0.05, 0) is 25.0 Å². The van der Waals surface area contributed by atoms with Gasteiger partial charge in [-0.25, -0.2) is 4.79 Å². The van der Waals surface area contributed by atoms with Crippen molar-refractivity contribution < 1.29 is 9.90 Å². The number of carbonyl (C=O) groups is 1. The third kappa shape index (κ3) is 5.21. The molecule has 0 aliphatic carbocycles. The Balaban J connectivity index is 0.000000224. The third-order valence-corrected chi connectivity index (χ3v) is 2.65. The van der Waals surface area contributed by atoms with E-state index in [1.54, 1.807) is 19.9 Å². The molecule has 0 aromatic heterocycles. The first-order valence-electron chi connectivity index (χ1n) is 6.12. The van der Waals surface area contributed by atoms with Gasteiger partial charge in [0.25, 0.3) is 0 Å². The highest BCUT2D eigenvalue weighted by Crippen LogP contribution is 2.17. The van der Waals surface area contributed by atoms with Gasteiger partial charge < -0.3 is 5.11 Å². The van der Waals surface area contributed by atoms with Crippen LogP contribution in [0.3, 0.4) is 0 Å². The van der Waals surface area contributed by atoms with E-state index in [1.807, 2.05) is 12.1 Å². The van der Waals surface area contributed by atoms with Crippen LogP contribution >= 0.6 is 0 Å². The molecule has 0 saturated heterocycles. The molecule has 0 radical (unpaired) electrons. The average molecular weight is 254 g/mol. The van der Waals surface area contributed by atoms with E-state index in [-0.39, 0.29) is 0 Å². The molecular formula is C17H18O2. The largest absolute Gasteiger partial charge is 0.478 e. The zero-order valence-corrected chi connectivity index (χ0v) is 11.2. The second-order valence-corrected chi connectivity index (χ2v) is 4.01. The van der Waals surface area contributed by atoms with E-state index in [9.17, 15) is 4.79 Å². The van der Waals surface area contributed by atoms with Crippen molar-refractivity contribution in [2.45, 2.75) is 13.8 Å². The van der Waals surface area contributed by atoms with Crippen LogP contribution in [0.1, 0.15) is 13.8 Å². The summed E-state index contributed by atoms with van der Waals surface area (Å²) < 4.78 is 0. The van der Waals surface area contributed by atoms with Gasteiger partial charge in [0.05, 0.1) is 0 Å². The van der Waals surface area contributed by atoms with Gasteiger partial charge in [-0.1, -0.05) is 66.7 Å². The first-order valence-corrected chi connectivity index (χ1v) is 6.12. The van der Waals surface area contributed by atoms with Crippen LogP contribution in [0.2, 0.25) is 0 Å². The Labute approximate surface area is 114 Å². The molecule has 2 aromatic carbocycles. The summed E-state index contributed by atoms with van der Waals surface area (Å²) in [6.07, 6.45) is 1.56. The van der Waals surface area contributed by atoms with Crippen molar-refractivity contribution in [2.75, 3.05) is 0 Å². The Bertz CT molecular complexity index is 490. The van der Waals surface area contributed by atoms with Gasteiger partial charge in [0, 0.05) is 5.57 Å².